The van der Waals surface area contributed by atoms with Gasteiger partial charge in [-0.05, 0) is 37.1 Å². The molecule has 0 spiro atoms. The van der Waals surface area contributed by atoms with Gasteiger partial charge in [0.25, 0.3) is 10.0 Å². The molecule has 12 heteroatoms. The average Bonchev–Trinajstić information content (AvgIpc) is 3.53. The standard InChI is InChI=1S/C21H19ClFN3O5S2/c22-18-3-4-19(32-18)33(30,31)25-7-5-24(6-8-25)17-10-16-13(9-15(17)23)20(27)14(21(28)29)11-26(16)12-1-2-12/h3-4,9-12H,1-2,5-8H2,(H,28,29). The van der Waals surface area contributed by atoms with Crippen molar-refractivity contribution in [3.63, 3.8) is 0 Å². The zero-order chi connectivity index (χ0) is 23.5. The second-order valence-corrected chi connectivity index (χ2v) is 12.0. The predicted octanol–water partition coefficient (Wildman–Crippen LogP) is 3.40. The lowest BCUT2D eigenvalue weighted by Crippen LogP contribution is -2.48. The maximum absolute atomic E-state index is 15.1. The summed E-state index contributed by atoms with van der Waals surface area (Å²) in [6, 6.07) is 5.74. The molecule has 0 bridgehead atoms. The lowest BCUT2D eigenvalue weighted by Gasteiger charge is -2.35. The number of fused-ring (bicyclic) bond motifs is 1. The van der Waals surface area contributed by atoms with E-state index in [4.69, 9.17) is 11.6 Å². The normalized spacial score (nSPS) is 17.6. The molecule has 2 aromatic heterocycles. The Hall–Kier alpha value is -2.47. The van der Waals surface area contributed by atoms with E-state index in [9.17, 15) is 23.1 Å². The average molecular weight is 512 g/mol. The maximum Gasteiger partial charge on any atom is 0.341 e. The highest BCUT2D eigenvalue weighted by molar-refractivity contribution is 7.91. The van der Waals surface area contributed by atoms with Crippen LogP contribution in [0.15, 0.2) is 39.5 Å². The van der Waals surface area contributed by atoms with E-state index in [1.54, 1.807) is 15.5 Å². The summed E-state index contributed by atoms with van der Waals surface area (Å²) in [6.07, 6.45) is 3.04. The Kier molecular flexibility index (Phi) is 5.47. The van der Waals surface area contributed by atoms with Gasteiger partial charge in [-0.3, -0.25) is 4.79 Å². The minimum atomic E-state index is -3.67. The maximum atomic E-state index is 15.1. The number of rotatable bonds is 5. The Morgan fingerprint density at radius 1 is 1.15 bits per heavy atom. The molecule has 1 aliphatic heterocycles. The number of hydrogen-bond acceptors (Lipinski definition) is 6. The van der Waals surface area contributed by atoms with Crippen LogP contribution in [-0.4, -0.2) is 54.5 Å². The summed E-state index contributed by atoms with van der Waals surface area (Å²) in [5.41, 5.74) is -0.359. The third-order valence-corrected chi connectivity index (χ3v) is 9.59. The Balaban J connectivity index is 1.47. The molecule has 1 aromatic carbocycles. The number of anilines is 1. The van der Waals surface area contributed by atoms with Crippen LogP contribution in [0.3, 0.4) is 0 Å². The highest BCUT2D eigenvalue weighted by Gasteiger charge is 2.32. The van der Waals surface area contributed by atoms with Gasteiger partial charge in [-0.1, -0.05) is 11.6 Å². The lowest BCUT2D eigenvalue weighted by molar-refractivity contribution is 0.0695. The van der Waals surface area contributed by atoms with E-state index in [1.165, 1.54) is 22.6 Å². The highest BCUT2D eigenvalue weighted by Crippen LogP contribution is 2.38. The molecule has 3 aromatic rings. The van der Waals surface area contributed by atoms with Crippen LogP contribution in [0.25, 0.3) is 10.9 Å². The first-order valence-corrected chi connectivity index (χ1v) is 12.9. The molecule has 0 amide bonds. The van der Waals surface area contributed by atoms with Crippen LogP contribution < -0.4 is 10.3 Å². The van der Waals surface area contributed by atoms with Gasteiger partial charge in [0.2, 0.25) is 5.43 Å². The van der Waals surface area contributed by atoms with Gasteiger partial charge in [0.15, 0.2) is 0 Å². The molecule has 2 aliphatic rings. The fourth-order valence-electron chi connectivity index (χ4n) is 4.14. The third-order valence-electron chi connectivity index (χ3n) is 5.99. The number of halogens is 2. The molecule has 0 unspecified atom stereocenters. The van der Waals surface area contributed by atoms with E-state index in [-0.39, 0.29) is 53.1 Å². The first-order valence-electron chi connectivity index (χ1n) is 10.3. The van der Waals surface area contributed by atoms with Crippen LogP contribution in [-0.2, 0) is 10.0 Å². The van der Waals surface area contributed by atoms with E-state index in [1.807, 2.05) is 0 Å². The Labute approximate surface area is 197 Å². The van der Waals surface area contributed by atoms with Crippen LogP contribution in [0.4, 0.5) is 10.1 Å². The van der Waals surface area contributed by atoms with Gasteiger partial charge in [0, 0.05) is 43.8 Å². The number of carbonyl (C=O) groups is 1. The van der Waals surface area contributed by atoms with Crippen molar-refractivity contribution in [2.45, 2.75) is 23.1 Å². The molecule has 0 atom stereocenters. The second-order valence-electron chi connectivity index (χ2n) is 8.09. The van der Waals surface area contributed by atoms with Crippen molar-refractivity contribution in [2.24, 2.45) is 0 Å². The largest absolute Gasteiger partial charge is 0.477 e. The summed E-state index contributed by atoms with van der Waals surface area (Å²) in [6.45, 7) is 0.870. The van der Waals surface area contributed by atoms with Crippen molar-refractivity contribution in [3.8, 4) is 0 Å². The number of benzene rings is 1. The fraction of sp³-hybridized carbons (Fsp3) is 0.333. The van der Waals surface area contributed by atoms with Crippen molar-refractivity contribution in [2.75, 3.05) is 31.1 Å². The predicted molar refractivity (Wildman–Crippen MR) is 124 cm³/mol. The van der Waals surface area contributed by atoms with Crippen molar-refractivity contribution >= 4 is 55.5 Å². The molecule has 1 N–H and O–H groups in total. The van der Waals surface area contributed by atoms with Crippen LogP contribution in [0, 0.1) is 5.82 Å². The van der Waals surface area contributed by atoms with Gasteiger partial charge in [-0.15, -0.1) is 11.3 Å². The van der Waals surface area contributed by atoms with E-state index in [2.05, 4.69) is 0 Å². The number of carboxylic acids is 1. The number of nitrogens with zero attached hydrogens (tertiary/aromatic N) is 3. The second kappa shape index (κ2) is 8.08. The Morgan fingerprint density at radius 3 is 2.42 bits per heavy atom. The quantitative estimate of drug-likeness (QED) is 0.563. The minimum Gasteiger partial charge on any atom is -0.477 e. The molecule has 1 aliphatic carbocycles. The van der Waals surface area contributed by atoms with Crippen molar-refractivity contribution in [1.82, 2.24) is 8.87 Å². The lowest BCUT2D eigenvalue weighted by atomic mass is 10.1. The van der Waals surface area contributed by atoms with Crippen LogP contribution in [0.1, 0.15) is 29.2 Å². The van der Waals surface area contributed by atoms with E-state index in [0.29, 0.717) is 9.85 Å². The van der Waals surface area contributed by atoms with Gasteiger partial charge in [0.1, 0.15) is 15.6 Å². The smallest absolute Gasteiger partial charge is 0.341 e. The molecule has 33 heavy (non-hydrogen) atoms. The number of aromatic carboxylic acids is 1. The molecule has 5 rings (SSSR count). The summed E-state index contributed by atoms with van der Waals surface area (Å²) < 4.78 is 44.4. The first-order chi connectivity index (χ1) is 15.7. The Morgan fingerprint density at radius 2 is 1.85 bits per heavy atom. The van der Waals surface area contributed by atoms with Gasteiger partial charge in [-0.25, -0.2) is 17.6 Å². The first kappa shape index (κ1) is 22.3. The van der Waals surface area contributed by atoms with Crippen molar-refractivity contribution < 1.29 is 22.7 Å². The molecule has 1 saturated carbocycles. The summed E-state index contributed by atoms with van der Waals surface area (Å²) in [5, 5.41) is 9.40. The van der Waals surface area contributed by atoms with E-state index in [0.717, 1.165) is 30.2 Å². The summed E-state index contributed by atoms with van der Waals surface area (Å²) >= 11 is 6.87. The molecule has 0 radical (unpaired) electrons. The molecular weight excluding hydrogens is 493 g/mol. The molecule has 174 valence electrons. The fourth-order valence-corrected chi connectivity index (χ4v) is 7.20. The monoisotopic (exact) mass is 511 g/mol. The molecule has 8 nitrogen and oxygen atoms in total. The SMILES string of the molecule is O=C(O)c1cn(C2CC2)c2cc(N3CCN(S(=O)(=O)c4ccc(Cl)s4)CC3)c(F)cc2c1=O. The molecular formula is C21H19ClFN3O5S2. The highest BCUT2D eigenvalue weighted by atomic mass is 35.5. The number of thiophene rings is 1. The van der Waals surface area contributed by atoms with Gasteiger partial charge in [0.05, 0.1) is 15.5 Å². The van der Waals surface area contributed by atoms with Gasteiger partial charge >= 0.3 is 5.97 Å². The number of pyridine rings is 1. The minimum absolute atomic E-state index is 0.0267. The van der Waals surface area contributed by atoms with E-state index < -0.39 is 27.2 Å². The van der Waals surface area contributed by atoms with Crippen LogP contribution in [0.2, 0.25) is 4.34 Å². The topological polar surface area (TPSA) is 99.9 Å². The molecule has 2 fully saturated rings. The number of carboxylic acid groups (broad SMARTS) is 1. The number of sulfonamides is 1. The Bertz CT molecular complexity index is 1440. The van der Waals surface area contributed by atoms with E-state index >= 15 is 4.39 Å². The summed E-state index contributed by atoms with van der Waals surface area (Å²) in [5.74, 6) is -1.99. The number of hydrogen-bond donors (Lipinski definition) is 1. The zero-order valence-electron chi connectivity index (χ0n) is 17.2. The summed E-state index contributed by atoms with van der Waals surface area (Å²) in [7, 11) is -3.67. The number of aromatic nitrogens is 1. The van der Waals surface area contributed by atoms with Crippen LogP contribution >= 0.6 is 22.9 Å². The summed E-state index contributed by atoms with van der Waals surface area (Å²) in [4.78, 5) is 25.9. The molecule has 1 saturated heterocycles. The number of piperazine rings is 1. The van der Waals surface area contributed by atoms with Crippen molar-refractivity contribution in [1.29, 1.82) is 0 Å². The van der Waals surface area contributed by atoms with Gasteiger partial charge < -0.3 is 14.6 Å². The van der Waals surface area contributed by atoms with Crippen molar-refractivity contribution in [3.05, 3.63) is 56.4 Å². The van der Waals surface area contributed by atoms with Crippen LogP contribution in [0.5, 0.6) is 0 Å². The third kappa shape index (κ3) is 3.92. The zero-order valence-corrected chi connectivity index (χ0v) is 19.6. The molecule has 3 heterocycles. The van der Waals surface area contributed by atoms with Gasteiger partial charge in [-0.2, -0.15) is 4.31 Å².